The zero-order chi connectivity index (χ0) is 38.9. The Labute approximate surface area is 322 Å². The van der Waals surface area contributed by atoms with Crippen molar-refractivity contribution < 1.29 is 14.3 Å². The van der Waals surface area contributed by atoms with Gasteiger partial charge in [-0.2, -0.15) is 0 Å². The number of nitrogens with zero attached hydrogens (tertiary/aromatic N) is 2. The third-order valence-electron chi connectivity index (χ3n) is 16.2. The van der Waals surface area contributed by atoms with E-state index in [4.69, 9.17) is 11.3 Å². The fraction of sp³-hybridized carbons (Fsp3) is 0.745. The van der Waals surface area contributed by atoms with Crippen LogP contribution < -0.4 is 5.32 Å². The monoisotopic (exact) mass is 728 g/mol. The van der Waals surface area contributed by atoms with E-state index in [9.17, 15) is 9.59 Å². The van der Waals surface area contributed by atoms with E-state index in [0.717, 1.165) is 45.2 Å². The van der Waals surface area contributed by atoms with Gasteiger partial charge in [0.15, 0.2) is 0 Å². The van der Waals surface area contributed by atoms with E-state index in [1.165, 1.54) is 42.4 Å². The summed E-state index contributed by atoms with van der Waals surface area (Å²) in [6, 6.07) is 8.18. The fourth-order valence-electron chi connectivity index (χ4n) is 13.8. The van der Waals surface area contributed by atoms with Crippen LogP contribution in [-0.2, 0) is 9.53 Å². The molecule has 0 spiro atoms. The number of ether oxygens (including phenoxy) is 1. The van der Waals surface area contributed by atoms with Crippen molar-refractivity contribution >= 4 is 17.4 Å². The zero-order valence-electron chi connectivity index (χ0n) is 35.6. The van der Waals surface area contributed by atoms with Crippen LogP contribution in [-0.4, -0.2) is 75.1 Å². The fourth-order valence-corrected chi connectivity index (χ4v) is 13.8. The van der Waals surface area contributed by atoms with Crippen molar-refractivity contribution in [3.63, 3.8) is 0 Å². The molecule has 294 valence electrons. The second-order valence-corrected chi connectivity index (χ2v) is 21.1. The second-order valence-electron chi connectivity index (χ2n) is 21.1. The SMILES string of the molecule is C=C(CN(C)C)C1CCC2(C(=O)NCCN(C)C)CCC3(C)C(CCC4C5(C)CC=C(c6ccc(C(=O)OC(C)(C)C)cc6)C(C)(C)C5CCC43C)C12. The van der Waals surface area contributed by atoms with Gasteiger partial charge < -0.3 is 19.9 Å². The molecule has 9 atom stereocenters. The van der Waals surface area contributed by atoms with E-state index in [1.54, 1.807) is 0 Å². The van der Waals surface area contributed by atoms with E-state index in [1.807, 2.05) is 32.9 Å². The van der Waals surface area contributed by atoms with Gasteiger partial charge in [0.1, 0.15) is 5.60 Å². The molecule has 9 unspecified atom stereocenters. The highest BCUT2D eigenvalue weighted by atomic mass is 16.6. The first-order valence-electron chi connectivity index (χ1n) is 20.9. The molecule has 1 N–H and O–H groups in total. The summed E-state index contributed by atoms with van der Waals surface area (Å²) in [4.78, 5) is 31.7. The van der Waals surface area contributed by atoms with Gasteiger partial charge >= 0.3 is 5.97 Å². The van der Waals surface area contributed by atoms with Gasteiger partial charge in [0.05, 0.1) is 11.0 Å². The van der Waals surface area contributed by atoms with Gasteiger partial charge in [-0.05, 0) is 181 Å². The Morgan fingerprint density at radius 1 is 0.849 bits per heavy atom. The molecule has 6 nitrogen and oxygen atoms in total. The predicted octanol–water partition coefficient (Wildman–Crippen LogP) is 9.51. The van der Waals surface area contributed by atoms with Crippen LogP contribution in [0.3, 0.4) is 0 Å². The number of benzene rings is 1. The minimum atomic E-state index is -0.513. The van der Waals surface area contributed by atoms with Gasteiger partial charge in [-0.3, -0.25) is 4.79 Å². The van der Waals surface area contributed by atoms with E-state index < -0.39 is 5.60 Å². The average Bonchev–Trinajstić information content (AvgIpc) is 3.45. The molecule has 6 heteroatoms. The lowest BCUT2D eigenvalue weighted by Crippen LogP contribution is -2.66. The molecular formula is C47H73N3O3. The number of amides is 1. The van der Waals surface area contributed by atoms with E-state index in [2.05, 4.69) is 96.1 Å². The topological polar surface area (TPSA) is 61.9 Å². The highest BCUT2D eigenvalue weighted by Crippen LogP contribution is 2.77. The maximum Gasteiger partial charge on any atom is 0.338 e. The first-order valence-corrected chi connectivity index (χ1v) is 20.9. The van der Waals surface area contributed by atoms with Gasteiger partial charge in [0.2, 0.25) is 5.91 Å². The normalized spacial score (nSPS) is 37.5. The Hall–Kier alpha value is -2.44. The summed E-state index contributed by atoms with van der Waals surface area (Å²) >= 11 is 0. The molecular weight excluding hydrogens is 655 g/mol. The highest BCUT2D eigenvalue weighted by Gasteiger charge is 2.71. The molecule has 53 heavy (non-hydrogen) atoms. The first kappa shape index (κ1) is 40.2. The number of likely N-dealkylation sites (N-methyl/N-ethyl adjacent to an activating group) is 2. The van der Waals surface area contributed by atoms with Crippen molar-refractivity contribution in [1.82, 2.24) is 15.1 Å². The largest absolute Gasteiger partial charge is 0.456 e. The maximum atomic E-state index is 14.5. The summed E-state index contributed by atoms with van der Waals surface area (Å²) in [6.07, 6.45) is 12.8. The van der Waals surface area contributed by atoms with Crippen molar-refractivity contribution in [2.75, 3.05) is 47.8 Å². The number of hydrogen-bond donors (Lipinski definition) is 1. The van der Waals surface area contributed by atoms with E-state index in [0.29, 0.717) is 47.6 Å². The number of hydrogen-bond acceptors (Lipinski definition) is 5. The summed E-state index contributed by atoms with van der Waals surface area (Å²) in [5, 5.41) is 3.46. The number of carbonyl (C=O) groups is 2. The molecule has 0 radical (unpaired) electrons. The van der Waals surface area contributed by atoms with Gasteiger partial charge in [0, 0.05) is 19.6 Å². The molecule has 0 aliphatic heterocycles. The molecule has 5 aliphatic carbocycles. The van der Waals surface area contributed by atoms with E-state index in [-0.39, 0.29) is 33.0 Å². The van der Waals surface area contributed by atoms with Crippen molar-refractivity contribution in [3.8, 4) is 0 Å². The van der Waals surface area contributed by atoms with Crippen LogP contribution in [0, 0.1) is 56.7 Å². The van der Waals surface area contributed by atoms with Crippen LogP contribution >= 0.6 is 0 Å². The number of allylic oxidation sites excluding steroid dienone is 2. The summed E-state index contributed by atoms with van der Waals surface area (Å²) in [5.41, 5.74) is 4.39. The maximum absolute atomic E-state index is 14.5. The standard InChI is InChI=1S/C47H73N3O3/c1-31(30-50(12)13)34-20-25-47(41(52)48-28-29-49(10)11)27-26-45(8)36(39(34)47)18-19-38-44(7)23-21-35(43(5,6)37(44)22-24-46(38,45)9)32-14-16-33(17-15-32)40(51)53-42(2,3)4/h14-17,21,34,36-39H,1,18-20,22-30H2,2-13H3,(H,48,52). The van der Waals surface area contributed by atoms with Gasteiger partial charge in [-0.1, -0.05) is 65.0 Å². The molecule has 0 heterocycles. The van der Waals surface area contributed by atoms with Gasteiger partial charge in [-0.15, -0.1) is 0 Å². The van der Waals surface area contributed by atoms with Crippen LogP contribution in [0.4, 0.5) is 0 Å². The number of carbonyl (C=O) groups excluding carboxylic acids is 2. The first-order chi connectivity index (χ1) is 24.6. The van der Waals surface area contributed by atoms with Gasteiger partial charge in [0.25, 0.3) is 0 Å². The molecule has 5 aliphatic rings. The molecule has 0 aromatic heterocycles. The van der Waals surface area contributed by atoms with Crippen LogP contribution in [0.1, 0.15) is 129 Å². The summed E-state index contributed by atoms with van der Waals surface area (Å²) in [6.45, 7) is 25.9. The third kappa shape index (κ3) is 6.68. The highest BCUT2D eigenvalue weighted by molar-refractivity contribution is 5.90. The minimum absolute atomic E-state index is 0.00630. The molecule has 0 bridgehead atoms. The number of rotatable bonds is 9. The molecule has 4 saturated carbocycles. The predicted molar refractivity (Wildman–Crippen MR) is 218 cm³/mol. The number of esters is 1. The number of nitrogens with one attached hydrogen (secondary N) is 1. The minimum Gasteiger partial charge on any atom is -0.456 e. The Kier molecular flexibility index (Phi) is 10.6. The van der Waals surface area contributed by atoms with Crippen molar-refractivity contribution in [3.05, 3.63) is 53.6 Å². The molecule has 4 fully saturated rings. The quantitative estimate of drug-likeness (QED) is 0.203. The molecule has 1 aromatic rings. The molecule has 0 saturated heterocycles. The van der Waals surface area contributed by atoms with Crippen LogP contribution in [0.15, 0.2) is 42.5 Å². The van der Waals surface area contributed by atoms with Crippen LogP contribution in [0.25, 0.3) is 5.57 Å². The Morgan fingerprint density at radius 3 is 2.15 bits per heavy atom. The number of fused-ring (bicyclic) bond motifs is 7. The Morgan fingerprint density at radius 2 is 1.53 bits per heavy atom. The molecule has 1 aromatic carbocycles. The van der Waals surface area contributed by atoms with Crippen LogP contribution in [0.5, 0.6) is 0 Å². The van der Waals surface area contributed by atoms with Gasteiger partial charge in [-0.25, -0.2) is 4.79 Å². The van der Waals surface area contributed by atoms with Crippen molar-refractivity contribution in [2.24, 2.45) is 56.7 Å². The summed E-state index contributed by atoms with van der Waals surface area (Å²) < 4.78 is 5.65. The van der Waals surface area contributed by atoms with E-state index >= 15 is 0 Å². The summed E-state index contributed by atoms with van der Waals surface area (Å²) in [5.74, 6) is 2.54. The summed E-state index contributed by atoms with van der Waals surface area (Å²) in [7, 11) is 8.48. The molecule has 1 amide bonds. The lowest BCUT2D eigenvalue weighted by Gasteiger charge is -2.72. The average molecular weight is 728 g/mol. The van der Waals surface area contributed by atoms with Crippen molar-refractivity contribution in [2.45, 2.75) is 119 Å². The Balaban J connectivity index is 1.30. The smallest absolute Gasteiger partial charge is 0.338 e. The zero-order valence-corrected chi connectivity index (χ0v) is 35.6. The van der Waals surface area contributed by atoms with Crippen molar-refractivity contribution in [1.29, 1.82) is 0 Å². The lowest BCUT2D eigenvalue weighted by atomic mass is 9.32. The lowest BCUT2D eigenvalue weighted by molar-refractivity contribution is -0.225. The third-order valence-corrected chi connectivity index (χ3v) is 16.2. The van der Waals surface area contributed by atoms with Crippen LogP contribution in [0.2, 0.25) is 0 Å². The molecule has 6 rings (SSSR count). The Bertz CT molecular complexity index is 1600. The second kappa shape index (κ2) is 13.9.